The second kappa shape index (κ2) is 8.09. The van der Waals surface area contributed by atoms with Gasteiger partial charge in [-0.05, 0) is 48.9 Å². The summed E-state index contributed by atoms with van der Waals surface area (Å²) in [5.74, 6) is 1.43. The molecule has 3 aromatic carbocycles. The van der Waals surface area contributed by atoms with Crippen molar-refractivity contribution in [3.05, 3.63) is 72.8 Å². The maximum absolute atomic E-state index is 11.9. The van der Waals surface area contributed by atoms with Crippen LogP contribution in [0.25, 0.3) is 0 Å². The Morgan fingerprint density at radius 1 is 0.741 bits per heavy atom. The van der Waals surface area contributed by atoms with Crippen molar-refractivity contribution in [1.29, 1.82) is 0 Å². The van der Waals surface area contributed by atoms with Gasteiger partial charge in [-0.1, -0.05) is 42.5 Å². The van der Waals surface area contributed by atoms with Gasteiger partial charge in [0, 0.05) is 5.30 Å². The molecule has 0 radical (unpaired) electrons. The molecule has 0 aromatic heterocycles. The highest BCUT2D eigenvalue weighted by Gasteiger charge is 2.24. The van der Waals surface area contributed by atoms with Gasteiger partial charge in [-0.3, -0.25) is 4.55 Å². The van der Waals surface area contributed by atoms with Gasteiger partial charge < -0.3 is 9.47 Å². The van der Waals surface area contributed by atoms with Gasteiger partial charge in [0.05, 0.1) is 14.2 Å². The predicted octanol–water partition coefficient (Wildman–Crippen LogP) is 2.71. The van der Waals surface area contributed by atoms with Crippen LogP contribution < -0.4 is 25.4 Å². The zero-order chi connectivity index (χ0) is 19.4. The van der Waals surface area contributed by atoms with Gasteiger partial charge in [0.2, 0.25) is 0 Å². The molecule has 27 heavy (non-hydrogen) atoms. The van der Waals surface area contributed by atoms with E-state index in [0.29, 0.717) is 16.8 Å². The molecule has 0 bridgehead atoms. The number of methoxy groups -OCH3 is 2. The molecule has 0 aliphatic rings. The van der Waals surface area contributed by atoms with E-state index in [-0.39, 0.29) is 4.90 Å². The molecule has 0 spiro atoms. The molecule has 140 valence electrons. The Morgan fingerprint density at radius 3 is 1.59 bits per heavy atom. The molecule has 0 fully saturated rings. The summed E-state index contributed by atoms with van der Waals surface area (Å²) in [7, 11) is -2.39. The molecule has 0 saturated carbocycles. The minimum absolute atomic E-state index is 0.0808. The zero-order valence-corrected chi connectivity index (χ0v) is 16.6. The fraction of sp³-hybridized carbons (Fsp3) is 0.100. The molecule has 3 aromatic rings. The van der Waals surface area contributed by atoms with Crippen molar-refractivity contribution in [2.45, 2.75) is 4.90 Å². The van der Waals surface area contributed by atoms with Crippen LogP contribution in [0, 0.1) is 0 Å². The van der Waals surface area contributed by atoms with Gasteiger partial charge in [0.15, 0.2) is 0 Å². The lowest BCUT2D eigenvalue weighted by molar-refractivity contribution is 0.415. The lowest BCUT2D eigenvalue weighted by Crippen LogP contribution is -2.24. The Hall–Kier alpha value is -2.40. The summed E-state index contributed by atoms with van der Waals surface area (Å²) >= 11 is 0. The molecule has 0 heterocycles. The summed E-state index contributed by atoms with van der Waals surface area (Å²) in [6.45, 7) is 0. The summed E-state index contributed by atoms with van der Waals surface area (Å²) in [5, 5.41) is 2.43. The van der Waals surface area contributed by atoms with Crippen LogP contribution in [0.15, 0.2) is 77.7 Å². The maximum atomic E-state index is 11.9. The summed E-state index contributed by atoms with van der Waals surface area (Å²) in [4.78, 5) is -0.0808. The van der Waals surface area contributed by atoms with Crippen LogP contribution in [0.3, 0.4) is 0 Å². The maximum Gasteiger partial charge on any atom is 0.295 e. The van der Waals surface area contributed by atoms with Crippen molar-refractivity contribution in [2.75, 3.05) is 14.2 Å². The van der Waals surface area contributed by atoms with Crippen molar-refractivity contribution in [3.63, 3.8) is 0 Å². The van der Waals surface area contributed by atoms with Gasteiger partial charge in [0.1, 0.15) is 16.4 Å². The third-order valence-electron chi connectivity index (χ3n) is 4.05. The van der Waals surface area contributed by atoms with E-state index in [1.807, 2.05) is 48.5 Å². The highest BCUT2D eigenvalue weighted by atomic mass is 32.2. The second-order valence-corrected chi connectivity index (χ2v) is 9.25. The first-order valence-electron chi connectivity index (χ1n) is 8.09. The summed E-state index contributed by atoms with van der Waals surface area (Å²) in [6.07, 6.45) is 0. The lowest BCUT2D eigenvalue weighted by Gasteiger charge is -2.21. The van der Waals surface area contributed by atoms with Crippen molar-refractivity contribution in [1.82, 2.24) is 0 Å². The van der Waals surface area contributed by atoms with Crippen LogP contribution in [-0.4, -0.2) is 27.2 Å². The van der Waals surface area contributed by atoms with E-state index >= 15 is 0 Å². The van der Waals surface area contributed by atoms with Crippen molar-refractivity contribution < 1.29 is 22.4 Å². The van der Waals surface area contributed by atoms with Crippen LogP contribution in [0.2, 0.25) is 0 Å². The molecule has 1 N–H and O–H groups in total. The number of benzene rings is 3. The summed E-state index contributed by atoms with van der Waals surface area (Å²) in [5.41, 5.74) is 0. The smallest absolute Gasteiger partial charge is 0.295 e. The lowest BCUT2D eigenvalue weighted by atomic mass is 10.3. The zero-order valence-electron chi connectivity index (χ0n) is 14.9. The average Bonchev–Trinajstić information content (AvgIpc) is 2.69. The second-order valence-electron chi connectivity index (χ2n) is 5.67. The van der Waals surface area contributed by atoms with Crippen molar-refractivity contribution in [2.24, 2.45) is 0 Å². The van der Waals surface area contributed by atoms with Crippen molar-refractivity contribution >= 4 is 34.0 Å². The van der Waals surface area contributed by atoms with E-state index in [9.17, 15) is 13.0 Å². The average molecular weight is 402 g/mol. The van der Waals surface area contributed by atoms with Gasteiger partial charge in [-0.2, -0.15) is 8.42 Å². The molecule has 0 atom stereocenters. The van der Waals surface area contributed by atoms with Gasteiger partial charge in [-0.25, -0.2) is 0 Å². The van der Waals surface area contributed by atoms with E-state index in [0.717, 1.165) is 10.6 Å². The van der Waals surface area contributed by atoms with E-state index < -0.39 is 18.0 Å². The molecule has 0 unspecified atom stereocenters. The third kappa shape index (κ3) is 4.30. The van der Waals surface area contributed by atoms with Crippen LogP contribution in [0.5, 0.6) is 11.5 Å². The molecular weight excluding hydrogens is 383 g/mol. The Morgan fingerprint density at radius 2 is 1.19 bits per heavy atom. The minimum Gasteiger partial charge on any atom is -0.497 e. The highest BCUT2D eigenvalue weighted by molar-refractivity contribution is 7.88. The molecule has 0 saturated heterocycles. The molecule has 0 amide bonds. The quantitative estimate of drug-likeness (QED) is 0.507. The normalized spacial score (nSPS) is 11.4. The fourth-order valence-electron chi connectivity index (χ4n) is 2.75. The number of rotatable bonds is 6. The SMILES string of the molecule is COc1ccc(P(c2ccc(OC)cc2)c2ccccc2S(=O)(=O)O)cc1. The molecule has 5 nitrogen and oxygen atoms in total. The van der Waals surface area contributed by atoms with Crippen LogP contribution in [-0.2, 0) is 10.1 Å². The Bertz CT molecular complexity index is 967. The summed E-state index contributed by atoms with van der Waals surface area (Å²) < 4.78 is 44.1. The molecular formula is C20H19O5PS. The minimum atomic E-state index is -4.35. The number of ether oxygens (including phenoxy) is 2. The molecule has 3 rings (SSSR count). The molecule has 0 aliphatic carbocycles. The largest absolute Gasteiger partial charge is 0.497 e. The highest BCUT2D eigenvalue weighted by Crippen LogP contribution is 2.36. The first-order valence-corrected chi connectivity index (χ1v) is 10.9. The van der Waals surface area contributed by atoms with Crippen LogP contribution in [0.1, 0.15) is 0 Å². The molecule has 7 heteroatoms. The molecule has 0 aliphatic heterocycles. The number of hydrogen-bond acceptors (Lipinski definition) is 4. The topological polar surface area (TPSA) is 72.8 Å². The Labute approximate surface area is 160 Å². The Kier molecular flexibility index (Phi) is 5.80. The Balaban J connectivity index is 2.21. The van der Waals surface area contributed by atoms with E-state index in [1.54, 1.807) is 32.4 Å². The van der Waals surface area contributed by atoms with Crippen LogP contribution >= 0.6 is 7.92 Å². The van der Waals surface area contributed by atoms with E-state index in [2.05, 4.69) is 0 Å². The van der Waals surface area contributed by atoms with Gasteiger partial charge >= 0.3 is 0 Å². The monoisotopic (exact) mass is 402 g/mol. The third-order valence-corrected chi connectivity index (χ3v) is 7.61. The van der Waals surface area contributed by atoms with Crippen molar-refractivity contribution in [3.8, 4) is 11.5 Å². The predicted molar refractivity (Wildman–Crippen MR) is 108 cm³/mol. The first kappa shape index (κ1) is 19.4. The van der Waals surface area contributed by atoms with E-state index in [1.165, 1.54) is 6.07 Å². The van der Waals surface area contributed by atoms with Gasteiger partial charge in [0.25, 0.3) is 10.1 Å². The number of hydrogen-bond donors (Lipinski definition) is 1. The first-order chi connectivity index (χ1) is 12.9. The van der Waals surface area contributed by atoms with Crippen LogP contribution in [0.4, 0.5) is 0 Å². The van der Waals surface area contributed by atoms with E-state index in [4.69, 9.17) is 9.47 Å². The fourth-order valence-corrected chi connectivity index (χ4v) is 6.23. The van der Waals surface area contributed by atoms with Gasteiger partial charge in [-0.15, -0.1) is 0 Å². The standard InChI is InChI=1S/C20H19O5PS/c1-24-15-7-11-17(12-8-15)26(18-13-9-16(25-2)10-14-18)19-5-3-4-6-20(19)27(21,22)23/h3-14H,1-2H3,(H,21,22,23). The summed E-state index contributed by atoms with van der Waals surface area (Å²) in [6, 6.07) is 21.5.